The van der Waals surface area contributed by atoms with Crippen molar-refractivity contribution in [3.8, 4) is 16.9 Å². The Morgan fingerprint density at radius 2 is 1.42 bits per heavy atom. The number of pyridine rings is 1. The summed E-state index contributed by atoms with van der Waals surface area (Å²) in [7, 11) is -0.682. The number of fused-ring (bicyclic) bond motifs is 3. The molecule has 0 saturated heterocycles. The molecule has 6 rings (SSSR count). The topological polar surface area (TPSA) is 22.1 Å². The smallest absolute Gasteiger partial charge is 0.163 e. The van der Waals surface area contributed by atoms with Crippen LogP contribution in [0.5, 0.6) is 5.75 Å². The fraction of sp³-hybridized carbons (Fsp3) is 0.167. The zero-order valence-electron chi connectivity index (χ0n) is 19.1. The summed E-state index contributed by atoms with van der Waals surface area (Å²) in [5, 5.41) is 6.52. The van der Waals surface area contributed by atoms with E-state index in [9.17, 15) is 0 Å². The van der Waals surface area contributed by atoms with Gasteiger partial charge in [0, 0.05) is 11.5 Å². The molecule has 162 valence electrons. The highest BCUT2D eigenvalue weighted by Gasteiger charge is 2.44. The molecule has 2 unspecified atom stereocenters. The van der Waals surface area contributed by atoms with Gasteiger partial charge in [0.25, 0.3) is 0 Å². The van der Waals surface area contributed by atoms with Crippen molar-refractivity contribution >= 4 is 34.8 Å². The fourth-order valence-electron chi connectivity index (χ4n) is 5.06. The minimum Gasteiger partial charge on any atom is -0.479 e. The van der Waals surface area contributed by atoms with Crippen LogP contribution in [0.25, 0.3) is 32.7 Å². The fourth-order valence-corrected chi connectivity index (χ4v) is 8.12. The van der Waals surface area contributed by atoms with Crippen LogP contribution >= 0.6 is 7.92 Å². The minimum atomic E-state index is -0.682. The van der Waals surface area contributed by atoms with Crippen LogP contribution < -0.4 is 10.0 Å². The van der Waals surface area contributed by atoms with E-state index in [1.165, 1.54) is 38.0 Å². The van der Waals surface area contributed by atoms with Crippen molar-refractivity contribution in [3.63, 3.8) is 0 Å². The zero-order valence-corrected chi connectivity index (χ0v) is 20.0. The van der Waals surface area contributed by atoms with E-state index in [0.29, 0.717) is 0 Å². The Morgan fingerprint density at radius 1 is 0.758 bits per heavy atom. The minimum absolute atomic E-state index is 0.0430. The van der Waals surface area contributed by atoms with Crippen molar-refractivity contribution in [1.29, 1.82) is 0 Å². The molecule has 0 radical (unpaired) electrons. The van der Waals surface area contributed by atoms with Gasteiger partial charge >= 0.3 is 0 Å². The highest BCUT2D eigenvalue weighted by Crippen LogP contribution is 2.66. The van der Waals surface area contributed by atoms with E-state index in [0.717, 1.165) is 11.4 Å². The van der Waals surface area contributed by atoms with Gasteiger partial charge in [0.2, 0.25) is 0 Å². The summed E-state index contributed by atoms with van der Waals surface area (Å²) in [4.78, 5) is 4.70. The first-order chi connectivity index (χ1) is 16.0. The van der Waals surface area contributed by atoms with Gasteiger partial charge in [0.05, 0.1) is 5.69 Å². The number of ether oxygens (including phenoxy) is 1. The van der Waals surface area contributed by atoms with E-state index < -0.39 is 7.92 Å². The SMILES string of the molecule is CC(C)(C)P1c2c(cccc2-c2c3ccccc3cc3ccccc23)OC1c1ccccn1. The molecule has 0 amide bonds. The summed E-state index contributed by atoms with van der Waals surface area (Å²) >= 11 is 0. The molecule has 0 spiro atoms. The van der Waals surface area contributed by atoms with Gasteiger partial charge in [-0.1, -0.05) is 87.5 Å². The predicted octanol–water partition coefficient (Wildman–Crippen LogP) is 8.05. The molecule has 2 nitrogen and oxygen atoms in total. The average Bonchev–Trinajstić information content (AvgIpc) is 3.24. The average molecular weight is 448 g/mol. The second-order valence-electron chi connectivity index (χ2n) is 9.61. The summed E-state index contributed by atoms with van der Waals surface area (Å²) in [6.07, 6.45) is 1.87. The van der Waals surface area contributed by atoms with E-state index in [1.807, 2.05) is 12.3 Å². The molecule has 5 aromatic rings. The Bertz CT molecular complexity index is 1430. The van der Waals surface area contributed by atoms with Crippen LogP contribution in [0.1, 0.15) is 32.3 Å². The largest absolute Gasteiger partial charge is 0.479 e. The molecule has 2 heterocycles. The number of hydrogen-bond acceptors (Lipinski definition) is 2. The quantitative estimate of drug-likeness (QED) is 0.202. The number of hydrogen-bond donors (Lipinski definition) is 0. The highest BCUT2D eigenvalue weighted by atomic mass is 31.1. The lowest BCUT2D eigenvalue weighted by atomic mass is 9.92. The van der Waals surface area contributed by atoms with Gasteiger partial charge in [-0.25, -0.2) is 0 Å². The maximum absolute atomic E-state index is 6.68. The monoisotopic (exact) mass is 447 g/mol. The molecule has 1 aliphatic heterocycles. The molecule has 0 bridgehead atoms. The predicted molar refractivity (Wildman–Crippen MR) is 141 cm³/mol. The Morgan fingerprint density at radius 3 is 2.06 bits per heavy atom. The standard InChI is InChI=1S/C30H26NOP/c1-30(2,3)33-28-24(15-10-17-26(28)32-29(33)25-16-8-9-18-31-25)27-22-13-6-4-11-20(22)19-21-12-5-7-14-23(21)27/h4-19,29H,1-3H3. The van der Waals surface area contributed by atoms with Crippen LogP contribution in [0.4, 0.5) is 0 Å². The molecule has 2 atom stereocenters. The summed E-state index contributed by atoms with van der Waals surface area (Å²) in [5.41, 5.74) is 3.62. The van der Waals surface area contributed by atoms with Crippen molar-refractivity contribution in [1.82, 2.24) is 4.98 Å². The van der Waals surface area contributed by atoms with E-state index in [1.54, 1.807) is 0 Å². The molecule has 3 heteroatoms. The number of benzene rings is 4. The second kappa shape index (κ2) is 7.68. The number of rotatable bonds is 2. The van der Waals surface area contributed by atoms with Crippen LogP contribution in [0.2, 0.25) is 0 Å². The molecule has 0 fully saturated rings. The Balaban J connectivity index is 1.68. The van der Waals surface area contributed by atoms with Gasteiger partial charge in [-0.2, -0.15) is 0 Å². The molecule has 1 aliphatic rings. The van der Waals surface area contributed by atoms with Gasteiger partial charge in [0.1, 0.15) is 5.75 Å². The molecular weight excluding hydrogens is 421 g/mol. The van der Waals surface area contributed by atoms with Crippen LogP contribution in [-0.4, -0.2) is 10.1 Å². The lowest BCUT2D eigenvalue weighted by Gasteiger charge is -2.32. The molecular formula is C30H26NOP. The molecule has 0 aliphatic carbocycles. The third-order valence-corrected chi connectivity index (χ3v) is 9.64. The lowest BCUT2D eigenvalue weighted by molar-refractivity contribution is 0.295. The van der Waals surface area contributed by atoms with Crippen molar-refractivity contribution in [2.24, 2.45) is 0 Å². The van der Waals surface area contributed by atoms with Gasteiger partial charge in [-0.05, 0) is 70.0 Å². The maximum Gasteiger partial charge on any atom is 0.163 e. The summed E-state index contributed by atoms with van der Waals surface area (Å²) in [6.45, 7) is 7.02. The first-order valence-electron chi connectivity index (χ1n) is 11.4. The van der Waals surface area contributed by atoms with Crippen LogP contribution in [0.15, 0.2) is 97.2 Å². The van der Waals surface area contributed by atoms with E-state index in [2.05, 4.69) is 106 Å². The van der Waals surface area contributed by atoms with Gasteiger partial charge < -0.3 is 4.74 Å². The number of aromatic nitrogens is 1. The zero-order chi connectivity index (χ0) is 22.6. The molecule has 33 heavy (non-hydrogen) atoms. The maximum atomic E-state index is 6.68. The summed E-state index contributed by atoms with van der Waals surface area (Å²) in [5.74, 6) is 0.958. The Labute approximate surface area is 196 Å². The van der Waals surface area contributed by atoms with Crippen molar-refractivity contribution in [3.05, 3.63) is 103 Å². The second-order valence-corrected chi connectivity index (χ2v) is 12.6. The Kier molecular flexibility index (Phi) is 4.75. The van der Waals surface area contributed by atoms with Crippen LogP contribution in [0.3, 0.4) is 0 Å². The normalized spacial score (nSPS) is 17.8. The third-order valence-electron chi connectivity index (χ3n) is 6.42. The Hall–Kier alpha value is -3.22. The third kappa shape index (κ3) is 3.33. The van der Waals surface area contributed by atoms with Gasteiger partial charge in [-0.3, -0.25) is 4.98 Å². The van der Waals surface area contributed by atoms with Crippen LogP contribution in [-0.2, 0) is 0 Å². The number of nitrogens with zero attached hydrogens (tertiary/aromatic N) is 1. The van der Waals surface area contributed by atoms with Crippen LogP contribution in [0, 0.1) is 0 Å². The first kappa shape index (κ1) is 20.4. The highest BCUT2D eigenvalue weighted by molar-refractivity contribution is 7.68. The molecule has 1 aromatic heterocycles. The summed E-state index contributed by atoms with van der Waals surface area (Å²) < 4.78 is 6.68. The van der Waals surface area contributed by atoms with E-state index in [4.69, 9.17) is 9.72 Å². The van der Waals surface area contributed by atoms with Crippen molar-refractivity contribution < 1.29 is 4.74 Å². The van der Waals surface area contributed by atoms with Gasteiger partial charge in [-0.15, -0.1) is 0 Å². The summed E-state index contributed by atoms with van der Waals surface area (Å²) in [6, 6.07) is 32.5. The lowest BCUT2D eigenvalue weighted by Crippen LogP contribution is -2.21. The van der Waals surface area contributed by atoms with E-state index >= 15 is 0 Å². The first-order valence-corrected chi connectivity index (χ1v) is 12.8. The molecule has 4 aromatic carbocycles. The van der Waals surface area contributed by atoms with E-state index in [-0.39, 0.29) is 11.0 Å². The molecule has 0 N–H and O–H groups in total. The van der Waals surface area contributed by atoms with Gasteiger partial charge in [0.15, 0.2) is 5.85 Å². The molecule has 0 saturated carbocycles. The van der Waals surface area contributed by atoms with Crippen molar-refractivity contribution in [2.75, 3.05) is 0 Å². The van der Waals surface area contributed by atoms with Crippen molar-refractivity contribution in [2.45, 2.75) is 31.8 Å².